The van der Waals surface area contributed by atoms with Crippen molar-refractivity contribution in [3.8, 4) is 0 Å². The molecule has 210 valence electrons. The van der Waals surface area contributed by atoms with E-state index in [1.165, 1.54) is 4.90 Å². The van der Waals surface area contributed by atoms with Crippen molar-refractivity contribution in [3.63, 3.8) is 0 Å². The van der Waals surface area contributed by atoms with Gasteiger partial charge in [0.05, 0.1) is 0 Å². The lowest BCUT2D eigenvalue weighted by Crippen LogP contribution is -2.57. The van der Waals surface area contributed by atoms with Crippen LogP contribution in [0.25, 0.3) is 0 Å². The maximum absolute atomic E-state index is 13.5. The average Bonchev–Trinajstić information content (AvgIpc) is 3.31. The molecular formula is C28H43N5O5. The SMILES string of the molecule is CC(C)=NNC(=O)[C@H](CC(C)C)NC(=O)[C@H](Cc1ccccc1)NC(=O)[C@@H]1CCCN1C(=O)OC(C)(C)C. The van der Waals surface area contributed by atoms with Crippen molar-refractivity contribution < 1.29 is 23.9 Å². The second-order valence-electron chi connectivity index (χ2n) is 11.3. The minimum atomic E-state index is -0.954. The van der Waals surface area contributed by atoms with E-state index in [1.54, 1.807) is 34.6 Å². The van der Waals surface area contributed by atoms with Crippen LogP contribution in [0, 0.1) is 5.92 Å². The molecule has 1 heterocycles. The highest BCUT2D eigenvalue weighted by molar-refractivity contribution is 5.94. The van der Waals surface area contributed by atoms with Gasteiger partial charge in [0.2, 0.25) is 11.8 Å². The lowest BCUT2D eigenvalue weighted by Gasteiger charge is -2.29. The van der Waals surface area contributed by atoms with Gasteiger partial charge in [-0.3, -0.25) is 19.3 Å². The molecule has 1 saturated heterocycles. The second kappa shape index (κ2) is 13.9. The second-order valence-corrected chi connectivity index (χ2v) is 11.3. The first kappa shape index (κ1) is 30.8. The molecule has 38 heavy (non-hydrogen) atoms. The number of hydrazone groups is 1. The summed E-state index contributed by atoms with van der Waals surface area (Å²) in [5, 5.41) is 9.63. The monoisotopic (exact) mass is 529 g/mol. The van der Waals surface area contributed by atoms with Crippen LogP contribution in [0.2, 0.25) is 0 Å². The summed E-state index contributed by atoms with van der Waals surface area (Å²) in [7, 11) is 0. The Hall–Kier alpha value is -3.43. The largest absolute Gasteiger partial charge is 0.444 e. The highest BCUT2D eigenvalue weighted by atomic mass is 16.6. The molecule has 3 N–H and O–H groups in total. The summed E-state index contributed by atoms with van der Waals surface area (Å²) in [6.07, 6.45) is 1.19. The number of amides is 4. The molecule has 1 fully saturated rings. The number of hydrogen-bond acceptors (Lipinski definition) is 6. The first-order chi connectivity index (χ1) is 17.8. The molecule has 0 radical (unpaired) electrons. The standard InChI is InChI=1S/C28H43N5O5/c1-18(2)16-21(25(35)32-31-19(3)4)29-24(34)22(17-20-12-9-8-10-13-20)30-26(36)23-14-11-15-33(23)27(37)38-28(5,6)7/h8-10,12-13,18,21-23H,11,14-17H2,1-7H3,(H,29,34)(H,30,36)(H,32,35)/t21-,22-,23-/m0/s1. The number of nitrogens with zero attached hydrogens (tertiary/aromatic N) is 2. The number of ether oxygens (including phenoxy) is 1. The number of likely N-dealkylation sites (tertiary alicyclic amines) is 1. The molecule has 10 nitrogen and oxygen atoms in total. The molecule has 0 spiro atoms. The molecule has 1 aliphatic heterocycles. The maximum atomic E-state index is 13.5. The highest BCUT2D eigenvalue weighted by Crippen LogP contribution is 2.21. The zero-order valence-electron chi connectivity index (χ0n) is 23.7. The van der Waals surface area contributed by atoms with Crippen LogP contribution in [-0.2, 0) is 25.5 Å². The van der Waals surface area contributed by atoms with E-state index in [0.717, 1.165) is 5.56 Å². The summed E-state index contributed by atoms with van der Waals surface area (Å²) < 4.78 is 5.48. The lowest BCUT2D eigenvalue weighted by molar-refractivity contribution is -0.133. The number of rotatable bonds is 10. The van der Waals surface area contributed by atoms with E-state index in [9.17, 15) is 19.2 Å². The molecule has 0 bridgehead atoms. The number of benzene rings is 1. The van der Waals surface area contributed by atoms with Crippen LogP contribution in [0.3, 0.4) is 0 Å². The summed E-state index contributed by atoms with van der Waals surface area (Å²) in [6.45, 7) is 13.1. The molecule has 0 saturated carbocycles. The zero-order valence-corrected chi connectivity index (χ0v) is 23.7. The minimum absolute atomic E-state index is 0.126. The maximum Gasteiger partial charge on any atom is 0.410 e. The Morgan fingerprint density at radius 2 is 1.68 bits per heavy atom. The van der Waals surface area contributed by atoms with Crippen molar-refractivity contribution in [1.82, 2.24) is 21.0 Å². The van der Waals surface area contributed by atoms with Crippen molar-refractivity contribution in [3.05, 3.63) is 35.9 Å². The van der Waals surface area contributed by atoms with E-state index in [4.69, 9.17) is 4.74 Å². The Balaban J connectivity index is 2.23. The van der Waals surface area contributed by atoms with Gasteiger partial charge in [-0.1, -0.05) is 44.2 Å². The molecule has 1 aromatic carbocycles. The fraction of sp³-hybridized carbons (Fsp3) is 0.607. The molecule has 3 atom stereocenters. The van der Waals surface area contributed by atoms with Crippen molar-refractivity contribution in [1.29, 1.82) is 0 Å². The van der Waals surface area contributed by atoms with E-state index in [2.05, 4.69) is 21.2 Å². The molecule has 1 aliphatic rings. The van der Waals surface area contributed by atoms with E-state index in [0.29, 0.717) is 31.5 Å². The Morgan fingerprint density at radius 3 is 2.26 bits per heavy atom. The highest BCUT2D eigenvalue weighted by Gasteiger charge is 2.38. The van der Waals surface area contributed by atoms with Gasteiger partial charge in [-0.25, -0.2) is 10.2 Å². The van der Waals surface area contributed by atoms with Gasteiger partial charge >= 0.3 is 6.09 Å². The van der Waals surface area contributed by atoms with Crippen LogP contribution in [0.4, 0.5) is 4.79 Å². The fourth-order valence-corrected chi connectivity index (χ4v) is 4.13. The molecule has 1 aromatic rings. The predicted octanol–water partition coefficient (Wildman–Crippen LogP) is 3.16. The summed E-state index contributed by atoms with van der Waals surface area (Å²) >= 11 is 0. The number of carbonyl (C=O) groups is 4. The normalized spacial score (nSPS) is 16.8. The summed E-state index contributed by atoms with van der Waals surface area (Å²) in [5.41, 5.74) is 3.32. The third kappa shape index (κ3) is 10.1. The first-order valence-electron chi connectivity index (χ1n) is 13.2. The van der Waals surface area contributed by atoms with Crippen molar-refractivity contribution in [2.24, 2.45) is 11.0 Å². The Kier molecular flexibility index (Phi) is 11.3. The molecule has 10 heteroatoms. The van der Waals surface area contributed by atoms with Crippen LogP contribution in [-0.4, -0.2) is 64.7 Å². The Bertz CT molecular complexity index is 999. The van der Waals surface area contributed by atoms with Crippen LogP contribution < -0.4 is 16.1 Å². The summed E-state index contributed by atoms with van der Waals surface area (Å²) in [4.78, 5) is 53.8. The minimum Gasteiger partial charge on any atom is -0.444 e. The Morgan fingerprint density at radius 1 is 1.03 bits per heavy atom. The molecule has 0 aromatic heterocycles. The van der Waals surface area contributed by atoms with Crippen molar-refractivity contribution in [2.75, 3.05) is 6.54 Å². The average molecular weight is 530 g/mol. The smallest absolute Gasteiger partial charge is 0.410 e. The topological polar surface area (TPSA) is 129 Å². The first-order valence-corrected chi connectivity index (χ1v) is 13.2. The van der Waals surface area contributed by atoms with Crippen LogP contribution in [0.1, 0.15) is 73.3 Å². The fourth-order valence-electron chi connectivity index (χ4n) is 4.13. The van der Waals surface area contributed by atoms with E-state index in [1.807, 2.05) is 44.2 Å². The van der Waals surface area contributed by atoms with Gasteiger partial charge in [-0.15, -0.1) is 0 Å². The van der Waals surface area contributed by atoms with Gasteiger partial charge < -0.3 is 15.4 Å². The Labute approximate surface area is 225 Å². The van der Waals surface area contributed by atoms with Crippen LogP contribution in [0.5, 0.6) is 0 Å². The van der Waals surface area contributed by atoms with Crippen LogP contribution in [0.15, 0.2) is 35.4 Å². The summed E-state index contributed by atoms with van der Waals surface area (Å²) in [5.74, 6) is -1.21. The third-order valence-electron chi connectivity index (χ3n) is 5.83. The number of hydrogen-bond donors (Lipinski definition) is 3. The van der Waals surface area contributed by atoms with Crippen LogP contribution >= 0.6 is 0 Å². The lowest BCUT2D eigenvalue weighted by atomic mass is 10.0. The van der Waals surface area contributed by atoms with Gasteiger partial charge in [-0.05, 0) is 65.4 Å². The zero-order chi connectivity index (χ0) is 28.5. The predicted molar refractivity (Wildman–Crippen MR) is 146 cm³/mol. The van der Waals surface area contributed by atoms with Gasteiger partial charge in [0.15, 0.2) is 0 Å². The van der Waals surface area contributed by atoms with E-state index >= 15 is 0 Å². The molecule has 0 aliphatic carbocycles. The third-order valence-corrected chi connectivity index (χ3v) is 5.83. The van der Waals surface area contributed by atoms with Crippen molar-refractivity contribution >= 4 is 29.5 Å². The van der Waals surface area contributed by atoms with Crippen molar-refractivity contribution in [2.45, 2.75) is 97.9 Å². The van der Waals surface area contributed by atoms with Gasteiger partial charge in [0.25, 0.3) is 5.91 Å². The molecule has 0 unspecified atom stereocenters. The summed E-state index contributed by atoms with van der Waals surface area (Å²) in [6, 6.07) is 6.79. The molecule has 4 amide bonds. The number of nitrogens with one attached hydrogen (secondary N) is 3. The van der Waals surface area contributed by atoms with Gasteiger partial charge in [-0.2, -0.15) is 5.10 Å². The quantitative estimate of drug-likeness (QED) is 0.317. The van der Waals surface area contributed by atoms with Gasteiger partial charge in [0, 0.05) is 18.7 Å². The van der Waals surface area contributed by atoms with Gasteiger partial charge in [0.1, 0.15) is 23.7 Å². The van der Waals surface area contributed by atoms with E-state index in [-0.39, 0.29) is 12.3 Å². The molecule has 2 rings (SSSR count). The number of carbonyl (C=O) groups excluding carboxylic acids is 4. The molecular weight excluding hydrogens is 486 g/mol. The van der Waals surface area contributed by atoms with E-state index < -0.39 is 47.5 Å².